The molecule has 1 aromatic heterocycles. The van der Waals surface area contributed by atoms with E-state index in [1.54, 1.807) is 36.9 Å². The number of aromatic nitrogens is 2. The molecule has 3 atom stereocenters. The van der Waals surface area contributed by atoms with Gasteiger partial charge in [-0.05, 0) is 6.08 Å². The molecule has 1 amide bonds. The number of hydrogen-bond acceptors (Lipinski definition) is 8. The lowest BCUT2D eigenvalue weighted by Crippen LogP contribution is -2.53. The van der Waals surface area contributed by atoms with Gasteiger partial charge >= 0.3 is 0 Å². The molecule has 0 radical (unpaired) electrons. The van der Waals surface area contributed by atoms with Crippen molar-refractivity contribution in [3.8, 4) is 0 Å². The van der Waals surface area contributed by atoms with E-state index in [4.69, 9.17) is 4.74 Å². The molecule has 0 aromatic carbocycles. The largest absolute Gasteiger partial charge is 0.378 e. The van der Waals surface area contributed by atoms with Gasteiger partial charge in [-0.25, -0.2) is 4.98 Å². The van der Waals surface area contributed by atoms with Crippen LogP contribution in [0.25, 0.3) is 0 Å². The number of nitrogens with one attached hydrogen (secondary N) is 3. The summed E-state index contributed by atoms with van der Waals surface area (Å²) in [4.78, 5) is 20.3. The molecule has 3 N–H and O–H groups in total. The molecule has 116 valence electrons. The first-order valence-electron chi connectivity index (χ1n) is 6.88. The van der Waals surface area contributed by atoms with Crippen molar-refractivity contribution in [3.05, 3.63) is 30.9 Å². The van der Waals surface area contributed by atoms with Gasteiger partial charge in [-0.2, -0.15) is 10.2 Å². The van der Waals surface area contributed by atoms with E-state index in [-0.39, 0.29) is 18.2 Å². The number of anilines is 1. The molecule has 0 bridgehead atoms. The molecule has 1 saturated heterocycles. The van der Waals surface area contributed by atoms with Crippen LogP contribution < -0.4 is 16.1 Å². The first-order valence-corrected chi connectivity index (χ1v) is 6.88. The van der Waals surface area contributed by atoms with Crippen LogP contribution in [0.15, 0.2) is 36.0 Å². The van der Waals surface area contributed by atoms with Gasteiger partial charge in [-0.3, -0.25) is 20.5 Å². The summed E-state index contributed by atoms with van der Waals surface area (Å²) in [6.45, 7) is 0. The van der Waals surface area contributed by atoms with Crippen LogP contribution in [0.2, 0.25) is 0 Å². The van der Waals surface area contributed by atoms with Gasteiger partial charge in [0.15, 0.2) is 5.82 Å². The fourth-order valence-electron chi connectivity index (χ4n) is 2.41. The maximum absolute atomic E-state index is 12.3. The molecule has 3 rings (SSSR count). The van der Waals surface area contributed by atoms with Crippen molar-refractivity contribution >= 4 is 17.9 Å². The Morgan fingerprint density at radius 3 is 3.09 bits per heavy atom. The fourth-order valence-corrected chi connectivity index (χ4v) is 2.41. The maximum atomic E-state index is 12.3. The lowest BCUT2D eigenvalue weighted by atomic mass is 10.2. The van der Waals surface area contributed by atoms with Crippen molar-refractivity contribution in [3.63, 3.8) is 0 Å². The number of nitrogens with zero attached hydrogens (tertiary/aromatic N) is 4. The number of hydrogen-bond donors (Lipinski definition) is 3. The van der Waals surface area contributed by atoms with E-state index in [0.717, 1.165) is 0 Å². The highest BCUT2D eigenvalue weighted by atomic mass is 16.5. The van der Waals surface area contributed by atoms with E-state index in [9.17, 15) is 4.79 Å². The van der Waals surface area contributed by atoms with Crippen molar-refractivity contribution in [2.24, 2.45) is 5.10 Å². The standard InChI is InChI=1S/C13H17N7O2/c1-22-10-7-9(13(21)19-11-8-14-5-6-15-11)18-12(10)20-16-3-2-4-17-20/h2-6,8-10,12,16,18H,7H2,1H3,(H,15,19,21). The summed E-state index contributed by atoms with van der Waals surface area (Å²) in [7, 11) is 1.62. The van der Waals surface area contributed by atoms with Gasteiger partial charge in [0.25, 0.3) is 0 Å². The minimum Gasteiger partial charge on any atom is -0.378 e. The molecule has 0 aliphatic carbocycles. The average Bonchev–Trinajstić information content (AvgIpc) is 3.01. The molecule has 2 aliphatic heterocycles. The summed E-state index contributed by atoms with van der Waals surface area (Å²) in [6, 6.07) is -0.403. The van der Waals surface area contributed by atoms with Gasteiger partial charge in [0.1, 0.15) is 6.17 Å². The normalized spacial score (nSPS) is 26.8. The first kappa shape index (κ1) is 14.4. The van der Waals surface area contributed by atoms with Crippen molar-refractivity contribution in [2.45, 2.75) is 24.7 Å². The molecule has 1 fully saturated rings. The van der Waals surface area contributed by atoms with Crippen LogP contribution in [-0.2, 0) is 9.53 Å². The van der Waals surface area contributed by atoms with Gasteiger partial charge in [-0.15, -0.1) is 0 Å². The van der Waals surface area contributed by atoms with Crippen molar-refractivity contribution in [2.75, 3.05) is 12.4 Å². The van der Waals surface area contributed by atoms with Crippen LogP contribution in [0.1, 0.15) is 6.42 Å². The Bertz CT molecular complexity index is 577. The van der Waals surface area contributed by atoms with Crippen molar-refractivity contribution < 1.29 is 9.53 Å². The zero-order valence-electron chi connectivity index (χ0n) is 12.0. The second-order valence-electron chi connectivity index (χ2n) is 4.85. The van der Waals surface area contributed by atoms with Crippen molar-refractivity contribution in [1.29, 1.82) is 0 Å². The fraction of sp³-hybridized carbons (Fsp3) is 0.385. The molecule has 0 spiro atoms. The van der Waals surface area contributed by atoms with E-state index in [1.807, 2.05) is 0 Å². The van der Waals surface area contributed by atoms with Gasteiger partial charge in [0.2, 0.25) is 5.91 Å². The second kappa shape index (κ2) is 6.50. The lowest BCUT2D eigenvalue weighted by molar-refractivity contribution is -0.118. The zero-order chi connectivity index (χ0) is 15.4. The number of rotatable bonds is 4. The number of amides is 1. The van der Waals surface area contributed by atoms with E-state index >= 15 is 0 Å². The predicted molar refractivity (Wildman–Crippen MR) is 79.4 cm³/mol. The minimum absolute atomic E-state index is 0.172. The predicted octanol–water partition coefficient (Wildman–Crippen LogP) is -0.562. The topological polar surface area (TPSA) is 104 Å². The Hall–Kier alpha value is -2.52. The third-order valence-electron chi connectivity index (χ3n) is 3.47. The molecule has 3 heterocycles. The number of carbonyl (C=O) groups is 1. The molecule has 22 heavy (non-hydrogen) atoms. The van der Waals surface area contributed by atoms with E-state index in [2.05, 4.69) is 31.1 Å². The highest BCUT2D eigenvalue weighted by Gasteiger charge is 2.41. The van der Waals surface area contributed by atoms with Gasteiger partial charge in [0, 0.05) is 32.1 Å². The number of ether oxygens (including phenoxy) is 1. The highest BCUT2D eigenvalue weighted by molar-refractivity contribution is 5.94. The number of hydrazine groups is 1. The van der Waals surface area contributed by atoms with Crippen LogP contribution in [0.4, 0.5) is 5.82 Å². The summed E-state index contributed by atoms with van der Waals surface area (Å²) in [5, 5.41) is 11.8. The minimum atomic E-state index is -0.403. The Kier molecular flexibility index (Phi) is 4.26. The van der Waals surface area contributed by atoms with Crippen LogP contribution in [0.3, 0.4) is 0 Å². The third-order valence-corrected chi connectivity index (χ3v) is 3.47. The average molecular weight is 303 g/mol. The molecule has 9 heteroatoms. The zero-order valence-corrected chi connectivity index (χ0v) is 12.0. The Labute approximate surface area is 127 Å². The number of allylic oxidation sites excluding steroid dienone is 1. The van der Waals surface area contributed by atoms with Crippen molar-refractivity contribution in [1.82, 2.24) is 25.8 Å². The van der Waals surface area contributed by atoms with E-state index < -0.39 is 6.04 Å². The second-order valence-corrected chi connectivity index (χ2v) is 4.85. The summed E-state index contributed by atoms with van der Waals surface area (Å²) in [6.07, 6.45) is 9.89. The van der Waals surface area contributed by atoms with Gasteiger partial charge in [0.05, 0.1) is 24.6 Å². The summed E-state index contributed by atoms with van der Waals surface area (Å²) >= 11 is 0. The van der Waals surface area contributed by atoms with Crippen LogP contribution in [0.5, 0.6) is 0 Å². The highest BCUT2D eigenvalue weighted by Crippen LogP contribution is 2.20. The Morgan fingerprint density at radius 2 is 2.41 bits per heavy atom. The molecular weight excluding hydrogens is 286 g/mol. The molecule has 1 aromatic rings. The monoisotopic (exact) mass is 303 g/mol. The molecule has 2 aliphatic rings. The summed E-state index contributed by atoms with van der Waals surface area (Å²) < 4.78 is 5.46. The molecule has 9 nitrogen and oxygen atoms in total. The quantitative estimate of drug-likeness (QED) is 0.685. The summed E-state index contributed by atoms with van der Waals surface area (Å²) in [5.41, 5.74) is 2.99. The number of carbonyl (C=O) groups excluding carboxylic acids is 1. The van der Waals surface area contributed by atoms with Gasteiger partial charge < -0.3 is 10.1 Å². The molecule has 0 saturated carbocycles. The smallest absolute Gasteiger partial charge is 0.242 e. The molecule has 3 unspecified atom stereocenters. The van der Waals surface area contributed by atoms with Crippen LogP contribution in [-0.4, -0.2) is 52.6 Å². The van der Waals surface area contributed by atoms with E-state index in [0.29, 0.717) is 12.2 Å². The maximum Gasteiger partial charge on any atom is 0.242 e. The Morgan fingerprint density at radius 1 is 1.50 bits per heavy atom. The Balaban J connectivity index is 1.64. The summed E-state index contributed by atoms with van der Waals surface area (Å²) in [5.74, 6) is 0.241. The van der Waals surface area contributed by atoms with Crippen LogP contribution >= 0.6 is 0 Å². The van der Waals surface area contributed by atoms with Gasteiger partial charge in [-0.1, -0.05) is 0 Å². The molecular formula is C13H17N7O2. The third kappa shape index (κ3) is 3.05. The first-order chi connectivity index (χ1) is 10.8. The van der Waals surface area contributed by atoms with Crippen LogP contribution in [0, 0.1) is 0 Å². The number of methoxy groups -OCH3 is 1. The number of hydrazone groups is 1. The SMILES string of the molecule is COC1CC(C(=O)Nc2cnccn2)NC1N1N=CC=CN1. The lowest BCUT2D eigenvalue weighted by Gasteiger charge is -2.30. The van der Waals surface area contributed by atoms with E-state index in [1.165, 1.54) is 12.4 Å².